The van der Waals surface area contributed by atoms with Gasteiger partial charge in [0.2, 0.25) is 5.79 Å². The highest BCUT2D eigenvalue weighted by Crippen LogP contribution is 2.48. The van der Waals surface area contributed by atoms with Crippen molar-refractivity contribution in [2.45, 2.75) is 25.4 Å². The molecule has 0 radical (unpaired) electrons. The summed E-state index contributed by atoms with van der Waals surface area (Å²) in [5.74, 6) is -0.0173. The summed E-state index contributed by atoms with van der Waals surface area (Å²) < 4.78 is 29.4. The first-order valence-corrected chi connectivity index (χ1v) is 9.91. The number of methoxy groups -OCH3 is 2. The van der Waals surface area contributed by atoms with E-state index in [2.05, 4.69) is 0 Å². The fourth-order valence-electron chi connectivity index (χ4n) is 3.94. The maximum Gasteiger partial charge on any atom is 0.225 e. The van der Waals surface area contributed by atoms with Gasteiger partial charge in [0, 0.05) is 5.39 Å². The Balaban J connectivity index is 1.78. The largest absolute Gasteiger partial charge is 0.507 e. The van der Waals surface area contributed by atoms with E-state index in [4.69, 9.17) is 23.7 Å². The second-order valence-corrected chi connectivity index (χ2v) is 7.16. The lowest BCUT2D eigenvalue weighted by molar-refractivity contribution is -0.241. The van der Waals surface area contributed by atoms with Gasteiger partial charge in [-0.05, 0) is 24.6 Å². The number of benzene rings is 3. The predicted octanol–water partition coefficient (Wildman–Crippen LogP) is 4.37. The molecule has 6 heteroatoms. The van der Waals surface area contributed by atoms with E-state index in [9.17, 15) is 5.11 Å². The van der Waals surface area contributed by atoms with Gasteiger partial charge in [-0.2, -0.15) is 0 Å². The molecule has 1 aliphatic rings. The fourth-order valence-corrected chi connectivity index (χ4v) is 3.94. The van der Waals surface area contributed by atoms with Crippen LogP contribution in [0.1, 0.15) is 18.1 Å². The molecule has 1 N–H and O–H groups in total. The molecule has 1 fully saturated rings. The molecule has 3 aromatic carbocycles. The summed E-state index contributed by atoms with van der Waals surface area (Å²) in [5, 5.41) is 12.5. The summed E-state index contributed by atoms with van der Waals surface area (Å²) in [7, 11) is 3.17. The van der Waals surface area contributed by atoms with Crippen LogP contribution in [0.3, 0.4) is 0 Å². The second kappa shape index (κ2) is 8.52. The molecule has 1 heterocycles. The van der Waals surface area contributed by atoms with Gasteiger partial charge in [-0.1, -0.05) is 42.5 Å². The van der Waals surface area contributed by atoms with Gasteiger partial charge in [0.05, 0.1) is 45.0 Å². The Kier molecular flexibility index (Phi) is 5.81. The molecule has 3 aromatic rings. The van der Waals surface area contributed by atoms with Crippen LogP contribution in [0, 0.1) is 0 Å². The van der Waals surface area contributed by atoms with Gasteiger partial charge >= 0.3 is 0 Å². The third kappa shape index (κ3) is 3.47. The van der Waals surface area contributed by atoms with Crippen LogP contribution in [0.2, 0.25) is 0 Å². The Hall–Kier alpha value is -2.80. The second-order valence-electron chi connectivity index (χ2n) is 7.16. The van der Waals surface area contributed by atoms with Crippen molar-refractivity contribution in [1.29, 1.82) is 0 Å². The summed E-state index contributed by atoms with van der Waals surface area (Å²) in [6.07, 6.45) is -0.487. The third-order valence-electron chi connectivity index (χ3n) is 5.47. The van der Waals surface area contributed by atoms with Crippen molar-refractivity contribution in [3.05, 3.63) is 65.7 Å². The van der Waals surface area contributed by atoms with Crippen molar-refractivity contribution in [1.82, 2.24) is 0 Å². The molecule has 1 atom stereocenters. The van der Waals surface area contributed by atoms with Crippen LogP contribution in [-0.2, 0) is 26.6 Å². The van der Waals surface area contributed by atoms with E-state index in [1.54, 1.807) is 20.3 Å². The molecule has 0 spiro atoms. The van der Waals surface area contributed by atoms with Crippen molar-refractivity contribution in [3.8, 4) is 17.2 Å². The molecule has 4 rings (SSSR count). The van der Waals surface area contributed by atoms with Crippen LogP contribution in [0.5, 0.6) is 17.2 Å². The Morgan fingerprint density at radius 1 is 0.967 bits per heavy atom. The predicted molar refractivity (Wildman–Crippen MR) is 113 cm³/mol. The molecule has 0 saturated carbocycles. The molecule has 6 nitrogen and oxygen atoms in total. The van der Waals surface area contributed by atoms with E-state index < -0.39 is 11.9 Å². The zero-order valence-electron chi connectivity index (χ0n) is 17.4. The van der Waals surface area contributed by atoms with Gasteiger partial charge in [-0.25, -0.2) is 0 Å². The molecule has 1 saturated heterocycles. The third-order valence-corrected chi connectivity index (χ3v) is 5.47. The summed E-state index contributed by atoms with van der Waals surface area (Å²) in [6, 6.07) is 17.1. The molecule has 158 valence electrons. The topological polar surface area (TPSA) is 66.4 Å². The lowest BCUT2D eigenvalue weighted by atomic mass is 9.94. The Morgan fingerprint density at radius 2 is 1.67 bits per heavy atom. The molecule has 1 aliphatic heterocycles. The smallest absolute Gasteiger partial charge is 0.225 e. The van der Waals surface area contributed by atoms with E-state index >= 15 is 0 Å². The first-order valence-electron chi connectivity index (χ1n) is 9.91. The fraction of sp³-hybridized carbons (Fsp3) is 0.333. The quantitative estimate of drug-likeness (QED) is 0.624. The van der Waals surface area contributed by atoms with E-state index in [-0.39, 0.29) is 5.75 Å². The number of hydrogen-bond acceptors (Lipinski definition) is 6. The van der Waals surface area contributed by atoms with Crippen molar-refractivity contribution < 1.29 is 28.8 Å². The minimum atomic E-state index is -1.25. The summed E-state index contributed by atoms with van der Waals surface area (Å²) in [6.45, 7) is 3.08. The Labute approximate surface area is 175 Å². The van der Waals surface area contributed by atoms with Crippen LogP contribution in [0.15, 0.2) is 54.6 Å². The number of phenols is 1. The van der Waals surface area contributed by atoms with Crippen LogP contribution in [-0.4, -0.2) is 38.6 Å². The zero-order chi connectivity index (χ0) is 21.1. The van der Waals surface area contributed by atoms with Crippen molar-refractivity contribution >= 4 is 10.8 Å². The highest BCUT2D eigenvalue weighted by Gasteiger charge is 2.47. The summed E-state index contributed by atoms with van der Waals surface area (Å²) in [5.41, 5.74) is 1.51. The first-order chi connectivity index (χ1) is 14.6. The van der Waals surface area contributed by atoms with E-state index in [1.165, 1.54) is 0 Å². The molecule has 30 heavy (non-hydrogen) atoms. The molecule has 0 amide bonds. The lowest BCUT2D eigenvalue weighted by Gasteiger charge is -2.34. The number of fused-ring (bicyclic) bond motifs is 1. The SMILES string of the molecule is COc1cccc2c(O)c(C3([C@@H](C)OCc4ccccc4)OCCO3)cc(OC)c12. The van der Waals surface area contributed by atoms with Crippen LogP contribution in [0.25, 0.3) is 10.8 Å². The number of aromatic hydroxyl groups is 1. The molecule has 0 bridgehead atoms. The van der Waals surface area contributed by atoms with Gasteiger partial charge in [0.15, 0.2) is 0 Å². The number of rotatable bonds is 7. The van der Waals surface area contributed by atoms with Gasteiger partial charge in [-0.3, -0.25) is 0 Å². The molecule has 0 aromatic heterocycles. The van der Waals surface area contributed by atoms with Gasteiger partial charge in [0.1, 0.15) is 23.4 Å². The Morgan fingerprint density at radius 3 is 2.33 bits per heavy atom. The van der Waals surface area contributed by atoms with Crippen LogP contribution in [0.4, 0.5) is 0 Å². The van der Waals surface area contributed by atoms with E-state index in [0.717, 1.165) is 5.56 Å². The van der Waals surface area contributed by atoms with Gasteiger partial charge < -0.3 is 28.8 Å². The van der Waals surface area contributed by atoms with E-state index in [1.807, 2.05) is 55.5 Å². The van der Waals surface area contributed by atoms with Crippen LogP contribution >= 0.6 is 0 Å². The molecule has 0 unspecified atom stereocenters. The minimum absolute atomic E-state index is 0.0572. The normalized spacial score (nSPS) is 16.5. The van der Waals surface area contributed by atoms with Crippen molar-refractivity contribution in [2.75, 3.05) is 27.4 Å². The van der Waals surface area contributed by atoms with Crippen molar-refractivity contribution in [2.24, 2.45) is 0 Å². The maximum atomic E-state index is 11.2. The van der Waals surface area contributed by atoms with Gasteiger partial charge in [-0.15, -0.1) is 0 Å². The maximum absolute atomic E-state index is 11.2. The summed E-state index contributed by atoms with van der Waals surface area (Å²) >= 11 is 0. The highest BCUT2D eigenvalue weighted by atomic mass is 16.8. The number of hydrogen-bond donors (Lipinski definition) is 1. The van der Waals surface area contributed by atoms with E-state index in [0.29, 0.717) is 47.7 Å². The van der Waals surface area contributed by atoms with Crippen molar-refractivity contribution in [3.63, 3.8) is 0 Å². The zero-order valence-corrected chi connectivity index (χ0v) is 17.4. The van der Waals surface area contributed by atoms with Crippen LogP contribution < -0.4 is 9.47 Å². The first kappa shape index (κ1) is 20.5. The standard InChI is InChI=1S/C24H26O6/c1-16(28-15-17-8-5-4-6-9-17)24(29-12-13-30-24)19-14-21(27-3)22-18(23(19)25)10-7-11-20(22)26-2/h4-11,14,16,25H,12-13,15H2,1-3H3/t16-/m1/s1. The average molecular weight is 410 g/mol. The lowest BCUT2D eigenvalue weighted by Crippen LogP contribution is -2.40. The highest BCUT2D eigenvalue weighted by molar-refractivity contribution is 5.99. The number of ether oxygens (including phenoxy) is 5. The summed E-state index contributed by atoms with van der Waals surface area (Å²) in [4.78, 5) is 0. The Bertz CT molecular complexity index is 1010. The minimum Gasteiger partial charge on any atom is -0.507 e. The molecular formula is C24H26O6. The number of phenolic OH excluding ortho intramolecular Hbond substituents is 1. The average Bonchev–Trinajstić information content (AvgIpc) is 3.29. The monoisotopic (exact) mass is 410 g/mol. The molecular weight excluding hydrogens is 384 g/mol. The van der Waals surface area contributed by atoms with Gasteiger partial charge in [0.25, 0.3) is 0 Å². The molecule has 0 aliphatic carbocycles.